The Bertz CT molecular complexity index is 1830. The van der Waals surface area contributed by atoms with Crippen LogP contribution in [-0.4, -0.2) is 88.0 Å². The van der Waals surface area contributed by atoms with Gasteiger partial charge in [-0.2, -0.15) is 0 Å². The number of carboxylic acid groups (broad SMARTS) is 4. The summed E-state index contributed by atoms with van der Waals surface area (Å²) in [4.78, 5) is 58.4. The van der Waals surface area contributed by atoms with E-state index in [1.54, 1.807) is 0 Å². The van der Waals surface area contributed by atoms with Crippen LogP contribution in [0.4, 0.5) is 0 Å². The third-order valence-electron chi connectivity index (χ3n) is 25.3. The average molecular weight is 1600 g/mol. The fourth-order valence-electron chi connectivity index (χ4n) is 17.8. The molecule has 0 bridgehead atoms. The number of ether oxygens (including phenoxy) is 1. The topological polar surface area (TPSA) is 205 Å². The highest BCUT2D eigenvalue weighted by atomic mass is 16.5. The van der Waals surface area contributed by atoms with Crippen LogP contribution in [0.5, 0.6) is 0 Å². The van der Waals surface area contributed by atoms with Crippen molar-refractivity contribution in [1.82, 2.24) is 4.90 Å². The first-order valence-electron chi connectivity index (χ1n) is 50.9. The molecular formula is C101H196N2O10. The van der Waals surface area contributed by atoms with Crippen LogP contribution in [0.3, 0.4) is 0 Å². The first kappa shape index (κ1) is 110. The maximum absolute atomic E-state index is 12.4. The Morgan fingerprint density at radius 1 is 0.212 bits per heavy atom. The SMILES string of the molecule is COC(=O)C(N)CCCCN(CC(CCCCCCCCCCCCCCCCCCCCCCC(=O)O)CCCCCCCCCCCCCCCCCCCCCC(=O)O)CC(CCCCCCCCCCCCCCCCCCCCCCC(=O)O)CCCCCCCCCCCCCCCCCCCCCC(=O)O. The smallest absolute Gasteiger partial charge is 0.322 e. The number of carbonyl (C=O) groups is 5. The number of rotatable bonds is 100. The fourth-order valence-corrected chi connectivity index (χ4v) is 17.8. The number of hydrogen-bond acceptors (Lipinski definition) is 8. The zero-order valence-corrected chi connectivity index (χ0v) is 75.5. The molecule has 12 heteroatoms. The molecule has 0 heterocycles. The molecule has 0 aliphatic carbocycles. The van der Waals surface area contributed by atoms with Crippen LogP contribution in [-0.2, 0) is 28.7 Å². The van der Waals surface area contributed by atoms with E-state index >= 15 is 0 Å². The molecule has 0 saturated carbocycles. The summed E-state index contributed by atoms with van der Waals surface area (Å²) in [5.41, 5.74) is 6.36. The summed E-state index contributed by atoms with van der Waals surface area (Å²) in [5.74, 6) is -1.42. The summed E-state index contributed by atoms with van der Waals surface area (Å²) >= 11 is 0. The maximum Gasteiger partial charge on any atom is 0.322 e. The number of aliphatic carboxylic acids is 4. The predicted molar refractivity (Wildman–Crippen MR) is 485 cm³/mol. The molecule has 0 saturated heterocycles. The van der Waals surface area contributed by atoms with Gasteiger partial charge in [-0.15, -0.1) is 0 Å². The third-order valence-corrected chi connectivity index (χ3v) is 25.3. The molecule has 3 unspecified atom stereocenters. The highest BCUT2D eigenvalue weighted by Crippen LogP contribution is 2.28. The van der Waals surface area contributed by atoms with Crippen molar-refractivity contribution in [2.24, 2.45) is 17.6 Å². The highest BCUT2D eigenvalue weighted by molar-refractivity contribution is 5.75. The van der Waals surface area contributed by atoms with Crippen LogP contribution in [0.15, 0.2) is 0 Å². The van der Waals surface area contributed by atoms with Gasteiger partial charge in [-0.3, -0.25) is 24.0 Å². The van der Waals surface area contributed by atoms with E-state index in [4.69, 9.17) is 30.9 Å². The molecule has 0 aliphatic heterocycles. The lowest BCUT2D eigenvalue weighted by molar-refractivity contribution is -0.142. The minimum Gasteiger partial charge on any atom is -0.481 e. The van der Waals surface area contributed by atoms with E-state index < -0.39 is 29.9 Å². The lowest BCUT2D eigenvalue weighted by Gasteiger charge is -2.32. The van der Waals surface area contributed by atoms with Crippen molar-refractivity contribution in [3.8, 4) is 0 Å². The fraction of sp³-hybridized carbons (Fsp3) is 0.950. The summed E-state index contributed by atoms with van der Waals surface area (Å²) in [6, 6.07) is -0.531. The first-order valence-corrected chi connectivity index (χ1v) is 50.9. The second kappa shape index (κ2) is 93.1. The van der Waals surface area contributed by atoms with Gasteiger partial charge in [-0.25, -0.2) is 0 Å². The number of nitrogens with zero attached hydrogens (tertiary/aromatic N) is 1. The lowest BCUT2D eigenvalue weighted by Crippen LogP contribution is -2.36. The summed E-state index contributed by atoms with van der Waals surface area (Å²) in [6.07, 6.45) is 113. The van der Waals surface area contributed by atoms with Gasteiger partial charge in [-0.05, 0) is 82.6 Å². The maximum atomic E-state index is 12.4. The number of carbonyl (C=O) groups excluding carboxylic acids is 1. The standard InChI is InChI=1S/C101H196N2O10/c1-113-101(112)96(102)86-80-81-91-103(92-94(84-74-66-58-50-42-34-26-18-10-6-14-22-30-38-46-54-62-70-78-89-99(108)109)82-72-64-56-48-40-32-24-16-8-2-4-12-20-28-36-44-52-60-68-76-87-97(104)105)93-95(85-75-67-59-51-43-35-27-19-11-7-15-23-31-39-47-55-63-71-79-90-100(110)111)83-73-65-57-49-41-33-25-17-9-3-5-13-21-29-37-45-53-61-69-77-88-98(106)107/h94-96H,2-93,102H2,1H3,(H,104,105)(H,106,107)(H,108,109)(H,110,111). The van der Waals surface area contributed by atoms with Crippen LogP contribution in [0, 0.1) is 11.8 Å². The monoisotopic (exact) mass is 1600 g/mol. The van der Waals surface area contributed by atoms with Gasteiger partial charge < -0.3 is 35.8 Å². The minimum absolute atomic E-state index is 0.279. The van der Waals surface area contributed by atoms with E-state index in [-0.39, 0.29) is 5.97 Å². The Morgan fingerprint density at radius 2 is 0.345 bits per heavy atom. The highest BCUT2D eigenvalue weighted by Gasteiger charge is 2.21. The van der Waals surface area contributed by atoms with E-state index in [1.807, 2.05) is 0 Å². The van der Waals surface area contributed by atoms with E-state index in [1.165, 1.54) is 495 Å². The molecule has 12 nitrogen and oxygen atoms in total. The summed E-state index contributed by atoms with van der Waals surface area (Å²) in [6.45, 7) is 3.58. The summed E-state index contributed by atoms with van der Waals surface area (Å²) < 4.78 is 5.07. The molecule has 0 aromatic rings. The molecule has 0 amide bonds. The van der Waals surface area contributed by atoms with E-state index in [0.29, 0.717) is 32.1 Å². The second-order valence-corrected chi connectivity index (χ2v) is 36.4. The van der Waals surface area contributed by atoms with Gasteiger partial charge in [0.15, 0.2) is 0 Å². The van der Waals surface area contributed by atoms with Crippen molar-refractivity contribution >= 4 is 29.8 Å². The van der Waals surface area contributed by atoms with Gasteiger partial charge in [0.25, 0.3) is 0 Å². The zero-order valence-electron chi connectivity index (χ0n) is 75.5. The van der Waals surface area contributed by atoms with Gasteiger partial charge in [0, 0.05) is 38.8 Å². The van der Waals surface area contributed by atoms with Crippen molar-refractivity contribution in [2.75, 3.05) is 26.7 Å². The average Bonchev–Trinajstić information content (AvgIpc) is 0.913. The Hall–Kier alpha value is -2.73. The van der Waals surface area contributed by atoms with E-state index in [2.05, 4.69) is 4.90 Å². The second-order valence-electron chi connectivity index (χ2n) is 36.4. The molecule has 0 fully saturated rings. The Morgan fingerprint density at radius 3 is 0.487 bits per heavy atom. The van der Waals surface area contributed by atoms with Crippen molar-refractivity contribution in [3.63, 3.8) is 0 Å². The number of carboxylic acids is 4. The quantitative estimate of drug-likeness (QED) is 0.0285. The van der Waals surface area contributed by atoms with Gasteiger partial charge in [0.05, 0.1) is 7.11 Å². The molecule has 0 aromatic heterocycles. The summed E-state index contributed by atoms with van der Waals surface area (Å²) in [7, 11) is 1.47. The Labute approximate surface area is 701 Å². The third kappa shape index (κ3) is 93.0. The molecule has 113 heavy (non-hydrogen) atoms. The largest absolute Gasteiger partial charge is 0.481 e. The molecule has 0 aliphatic rings. The first-order chi connectivity index (χ1) is 55.4. The van der Waals surface area contributed by atoms with Crippen LogP contribution in [0.2, 0.25) is 0 Å². The van der Waals surface area contributed by atoms with Crippen LogP contribution in [0.1, 0.15) is 571 Å². The molecule has 670 valence electrons. The van der Waals surface area contributed by atoms with Crippen molar-refractivity contribution in [2.45, 2.75) is 577 Å². The molecule has 0 rings (SSSR count). The predicted octanol–water partition coefficient (Wildman–Crippen LogP) is 32.1. The lowest BCUT2D eigenvalue weighted by atomic mass is 9.91. The van der Waals surface area contributed by atoms with E-state index in [0.717, 1.165) is 82.6 Å². The van der Waals surface area contributed by atoms with Crippen molar-refractivity contribution < 1.29 is 49.1 Å². The molecule has 0 aromatic carbocycles. The molecule has 6 N–H and O–H groups in total. The van der Waals surface area contributed by atoms with Gasteiger partial charge in [0.2, 0.25) is 0 Å². The van der Waals surface area contributed by atoms with Gasteiger partial charge in [-0.1, -0.05) is 482 Å². The van der Waals surface area contributed by atoms with Crippen LogP contribution < -0.4 is 5.73 Å². The van der Waals surface area contributed by atoms with Gasteiger partial charge >= 0.3 is 29.8 Å². The molecule has 0 radical (unpaired) electrons. The van der Waals surface area contributed by atoms with Gasteiger partial charge in [0.1, 0.15) is 6.04 Å². The minimum atomic E-state index is -0.661. The Kier molecular flexibility index (Phi) is 90.9. The number of methoxy groups -OCH3 is 1. The van der Waals surface area contributed by atoms with Crippen molar-refractivity contribution in [1.29, 1.82) is 0 Å². The van der Waals surface area contributed by atoms with Crippen molar-refractivity contribution in [3.05, 3.63) is 0 Å². The van der Waals surface area contributed by atoms with Crippen LogP contribution in [0.25, 0.3) is 0 Å². The Balaban J connectivity index is 5.59. The zero-order chi connectivity index (χ0) is 82.0. The molecule has 3 atom stereocenters. The van der Waals surface area contributed by atoms with E-state index in [9.17, 15) is 24.0 Å². The number of unbranched alkanes of at least 4 members (excludes halogenated alkanes) is 75. The normalized spacial score (nSPS) is 12.5. The number of esters is 1. The number of nitrogens with two attached hydrogens (primary N) is 1. The van der Waals surface area contributed by atoms with Crippen LogP contribution >= 0.6 is 0 Å². The molecular weight excluding hydrogens is 1400 g/mol. The molecule has 0 spiro atoms. The summed E-state index contributed by atoms with van der Waals surface area (Å²) in [5, 5.41) is 35.4. The number of hydrogen-bond donors (Lipinski definition) is 5.